The summed E-state index contributed by atoms with van der Waals surface area (Å²) in [7, 11) is 0. The van der Waals surface area contributed by atoms with Crippen molar-refractivity contribution in [1.29, 1.82) is 0 Å². The van der Waals surface area contributed by atoms with Gasteiger partial charge in [0.25, 0.3) is 5.91 Å². The maximum Gasteiger partial charge on any atom is 0.414 e. The van der Waals surface area contributed by atoms with Crippen LogP contribution in [-0.4, -0.2) is 29.1 Å². The number of alkyl carbamates (subject to hydrolysis) is 1. The first-order valence-electron chi connectivity index (χ1n) is 5.00. The number of benzene rings is 1. The van der Waals surface area contributed by atoms with Gasteiger partial charge in [-0.2, -0.15) is 0 Å². The summed E-state index contributed by atoms with van der Waals surface area (Å²) < 4.78 is 4.71. The highest BCUT2D eigenvalue weighted by Gasteiger charge is 2.23. The molecule has 96 valence electrons. The van der Waals surface area contributed by atoms with Crippen molar-refractivity contribution in [3.8, 4) is 0 Å². The number of amides is 2. The summed E-state index contributed by atoms with van der Waals surface area (Å²) in [6, 6.07) is 7.01. The van der Waals surface area contributed by atoms with Gasteiger partial charge in [-0.15, -0.1) is 0 Å². The van der Waals surface area contributed by atoms with Crippen LogP contribution in [0.25, 0.3) is 0 Å². The molecule has 0 unspecified atom stereocenters. The van der Waals surface area contributed by atoms with Gasteiger partial charge in [0.2, 0.25) is 0 Å². The van der Waals surface area contributed by atoms with Crippen LogP contribution in [0.3, 0.4) is 0 Å². The smallest absolute Gasteiger partial charge is 0.414 e. The maximum absolute atomic E-state index is 11.2. The third-order valence-corrected chi connectivity index (χ3v) is 1.99. The zero-order chi connectivity index (χ0) is 13.5. The van der Waals surface area contributed by atoms with Gasteiger partial charge in [-0.05, 0) is 5.56 Å². The lowest BCUT2D eigenvalue weighted by atomic mass is 10.2. The Morgan fingerprint density at radius 1 is 1.28 bits per heavy atom. The van der Waals surface area contributed by atoms with Crippen molar-refractivity contribution < 1.29 is 24.2 Å². The number of nitrogens with one attached hydrogen (secondary N) is 1. The highest BCUT2D eigenvalue weighted by Crippen LogP contribution is 2.00. The lowest BCUT2D eigenvalue weighted by Gasteiger charge is -2.08. The van der Waals surface area contributed by atoms with Crippen molar-refractivity contribution in [3.63, 3.8) is 0 Å². The van der Waals surface area contributed by atoms with Gasteiger partial charge < -0.3 is 15.6 Å². The SMILES string of the molecule is N[C@@H](C(=O)O)C(=O)NC(=O)OCc1ccccc1. The van der Waals surface area contributed by atoms with Crippen LogP contribution in [0.5, 0.6) is 0 Å². The summed E-state index contributed by atoms with van der Waals surface area (Å²) in [6.07, 6.45) is -1.04. The molecule has 1 rings (SSSR count). The maximum atomic E-state index is 11.2. The summed E-state index contributed by atoms with van der Waals surface area (Å²) in [6.45, 7) is -0.0255. The molecular formula is C11H12N2O5. The molecule has 0 bridgehead atoms. The van der Waals surface area contributed by atoms with E-state index in [1.165, 1.54) is 0 Å². The number of ether oxygens (including phenoxy) is 1. The number of carboxylic acids is 1. The van der Waals surface area contributed by atoms with Crippen LogP contribution in [-0.2, 0) is 20.9 Å². The first-order valence-corrected chi connectivity index (χ1v) is 5.00. The van der Waals surface area contributed by atoms with Gasteiger partial charge >= 0.3 is 12.1 Å². The molecule has 1 atom stereocenters. The summed E-state index contributed by atoms with van der Waals surface area (Å²) in [5.41, 5.74) is 5.73. The molecule has 18 heavy (non-hydrogen) atoms. The third kappa shape index (κ3) is 4.22. The van der Waals surface area contributed by atoms with E-state index in [2.05, 4.69) is 0 Å². The summed E-state index contributed by atoms with van der Waals surface area (Å²) in [5, 5.41) is 10.2. The first-order chi connectivity index (χ1) is 8.50. The van der Waals surface area contributed by atoms with Crippen molar-refractivity contribution >= 4 is 18.0 Å². The molecule has 0 heterocycles. The van der Waals surface area contributed by atoms with Gasteiger partial charge in [0.15, 0.2) is 6.04 Å². The van der Waals surface area contributed by atoms with E-state index in [4.69, 9.17) is 15.6 Å². The fraction of sp³-hybridized carbons (Fsp3) is 0.182. The van der Waals surface area contributed by atoms with E-state index in [0.717, 1.165) is 5.56 Å². The third-order valence-electron chi connectivity index (χ3n) is 1.99. The quantitative estimate of drug-likeness (QED) is 0.641. The molecule has 2 amide bonds. The second kappa shape index (κ2) is 6.36. The number of imide groups is 1. The molecule has 0 aliphatic rings. The molecule has 0 aliphatic carbocycles. The molecule has 7 nitrogen and oxygen atoms in total. The van der Waals surface area contributed by atoms with E-state index in [0.29, 0.717) is 0 Å². The zero-order valence-electron chi connectivity index (χ0n) is 9.33. The summed E-state index contributed by atoms with van der Waals surface area (Å²) in [5.74, 6) is -2.65. The van der Waals surface area contributed by atoms with Gasteiger partial charge in [-0.25, -0.2) is 9.59 Å². The number of nitrogens with two attached hydrogens (primary N) is 1. The average Bonchev–Trinajstić information content (AvgIpc) is 2.36. The van der Waals surface area contributed by atoms with Gasteiger partial charge in [0.05, 0.1) is 0 Å². The van der Waals surface area contributed by atoms with Gasteiger partial charge in [0, 0.05) is 0 Å². The van der Waals surface area contributed by atoms with Crippen LogP contribution in [0.15, 0.2) is 30.3 Å². The fourth-order valence-corrected chi connectivity index (χ4v) is 1.05. The summed E-state index contributed by atoms with van der Waals surface area (Å²) in [4.78, 5) is 32.6. The number of hydrogen-bond donors (Lipinski definition) is 3. The first kappa shape index (κ1) is 13.7. The minimum absolute atomic E-state index is 0.0255. The second-order valence-corrected chi connectivity index (χ2v) is 3.37. The molecule has 0 aliphatic heterocycles. The van der Waals surface area contributed by atoms with E-state index in [1.54, 1.807) is 35.6 Å². The Labute approximate surface area is 103 Å². The monoisotopic (exact) mass is 252 g/mol. The van der Waals surface area contributed by atoms with E-state index in [-0.39, 0.29) is 6.61 Å². The van der Waals surface area contributed by atoms with Crippen LogP contribution < -0.4 is 11.1 Å². The molecule has 1 aromatic rings. The van der Waals surface area contributed by atoms with Crippen LogP contribution in [0.4, 0.5) is 4.79 Å². The molecule has 7 heteroatoms. The zero-order valence-corrected chi connectivity index (χ0v) is 9.33. The van der Waals surface area contributed by atoms with Crippen LogP contribution in [0.1, 0.15) is 5.56 Å². The molecule has 0 fully saturated rings. The molecule has 1 aromatic carbocycles. The van der Waals surface area contributed by atoms with E-state index < -0.39 is 24.0 Å². The Bertz CT molecular complexity index is 446. The van der Waals surface area contributed by atoms with Crippen molar-refractivity contribution in [2.45, 2.75) is 12.6 Å². The number of aliphatic carboxylic acids is 1. The number of hydrogen-bond acceptors (Lipinski definition) is 5. The Morgan fingerprint density at radius 2 is 1.89 bits per heavy atom. The van der Waals surface area contributed by atoms with E-state index in [1.807, 2.05) is 0 Å². The summed E-state index contributed by atoms with van der Waals surface area (Å²) >= 11 is 0. The number of rotatable bonds is 4. The topological polar surface area (TPSA) is 119 Å². The molecule has 0 radical (unpaired) electrons. The Kier molecular flexibility index (Phi) is 4.82. The molecule has 0 spiro atoms. The fourth-order valence-electron chi connectivity index (χ4n) is 1.05. The Hall–Kier alpha value is -2.41. The molecule has 0 saturated carbocycles. The van der Waals surface area contributed by atoms with Gasteiger partial charge in [0.1, 0.15) is 6.61 Å². The Morgan fingerprint density at radius 3 is 2.44 bits per heavy atom. The van der Waals surface area contributed by atoms with Crippen molar-refractivity contribution in [2.75, 3.05) is 0 Å². The van der Waals surface area contributed by atoms with Crippen molar-refractivity contribution in [2.24, 2.45) is 5.73 Å². The van der Waals surface area contributed by atoms with Crippen LogP contribution in [0, 0.1) is 0 Å². The average molecular weight is 252 g/mol. The predicted octanol–water partition coefficient (Wildman–Crippen LogP) is -0.149. The second-order valence-electron chi connectivity index (χ2n) is 3.37. The van der Waals surface area contributed by atoms with Crippen molar-refractivity contribution in [3.05, 3.63) is 35.9 Å². The minimum Gasteiger partial charge on any atom is -0.480 e. The lowest BCUT2D eigenvalue weighted by molar-refractivity contribution is -0.142. The number of carbonyl (C=O) groups is 3. The van der Waals surface area contributed by atoms with E-state index in [9.17, 15) is 14.4 Å². The van der Waals surface area contributed by atoms with Gasteiger partial charge in [-0.3, -0.25) is 10.1 Å². The van der Waals surface area contributed by atoms with Crippen LogP contribution >= 0.6 is 0 Å². The van der Waals surface area contributed by atoms with Crippen LogP contribution in [0.2, 0.25) is 0 Å². The predicted molar refractivity (Wildman–Crippen MR) is 60.4 cm³/mol. The number of carboxylic acid groups (broad SMARTS) is 1. The highest BCUT2D eigenvalue weighted by molar-refractivity contribution is 6.06. The normalized spacial score (nSPS) is 11.4. The van der Waals surface area contributed by atoms with Crippen molar-refractivity contribution in [1.82, 2.24) is 5.32 Å². The van der Waals surface area contributed by atoms with Gasteiger partial charge in [-0.1, -0.05) is 30.3 Å². The lowest BCUT2D eigenvalue weighted by Crippen LogP contribution is -2.48. The highest BCUT2D eigenvalue weighted by atomic mass is 16.5. The molecule has 0 aromatic heterocycles. The number of carbonyl (C=O) groups excluding carboxylic acids is 2. The Balaban J connectivity index is 2.39. The molecule has 4 N–H and O–H groups in total. The molecular weight excluding hydrogens is 240 g/mol. The standard InChI is InChI=1S/C11H12N2O5/c12-8(10(15)16)9(14)13-11(17)18-6-7-4-2-1-3-5-7/h1-5,8H,6,12H2,(H,15,16)(H,13,14,17)/t8-/m1/s1. The largest absolute Gasteiger partial charge is 0.480 e. The minimum atomic E-state index is -1.80. The van der Waals surface area contributed by atoms with E-state index >= 15 is 0 Å². The molecule has 0 saturated heterocycles.